The fraction of sp³-hybridized carbons (Fsp3) is 0.611. The summed E-state index contributed by atoms with van der Waals surface area (Å²) in [4.78, 5) is 12.0. The van der Waals surface area contributed by atoms with Crippen LogP contribution in [0.25, 0.3) is 0 Å². The number of hydrogen-bond donors (Lipinski definition) is 3. The minimum Gasteiger partial charge on any atom is -0.493 e. The number of amides is 2. The number of carbonyl (C=O) groups excluding carboxylic acids is 1. The molecular formula is C18H26N2O3. The molecule has 1 fully saturated rings. The molecule has 0 aromatic heterocycles. The molecule has 0 bridgehead atoms. The number of aliphatic hydroxyl groups excluding tert-OH is 1. The Kier molecular flexibility index (Phi) is 5.39. The van der Waals surface area contributed by atoms with Crippen molar-refractivity contribution in [1.29, 1.82) is 0 Å². The van der Waals surface area contributed by atoms with E-state index in [0.29, 0.717) is 6.54 Å². The molecule has 1 aliphatic carbocycles. The van der Waals surface area contributed by atoms with Crippen molar-refractivity contribution in [3.8, 4) is 5.75 Å². The van der Waals surface area contributed by atoms with E-state index in [1.807, 2.05) is 6.07 Å². The molecule has 2 amide bonds. The summed E-state index contributed by atoms with van der Waals surface area (Å²) in [6, 6.07) is 6.23. The second-order valence-corrected chi connectivity index (χ2v) is 6.52. The number of nitrogens with one attached hydrogen (secondary N) is 2. The van der Waals surface area contributed by atoms with Gasteiger partial charge in [0.2, 0.25) is 0 Å². The summed E-state index contributed by atoms with van der Waals surface area (Å²) in [7, 11) is 0. The maximum atomic E-state index is 12.0. The summed E-state index contributed by atoms with van der Waals surface area (Å²) in [6.45, 7) is 1.54. The third kappa shape index (κ3) is 4.16. The first-order valence-corrected chi connectivity index (χ1v) is 8.66. The fourth-order valence-corrected chi connectivity index (χ4v) is 3.55. The number of benzene rings is 1. The van der Waals surface area contributed by atoms with Gasteiger partial charge in [0.1, 0.15) is 5.75 Å². The quantitative estimate of drug-likeness (QED) is 0.778. The Bertz CT molecular complexity index is 547. The SMILES string of the molecule is O=C(NCCc1ccc2c(c1)CCO2)N[C@@H]1CCCC[C@@H]1CO. The van der Waals surface area contributed by atoms with Gasteiger partial charge in [0.15, 0.2) is 0 Å². The number of rotatable bonds is 5. The van der Waals surface area contributed by atoms with Crippen LogP contribution in [0.1, 0.15) is 36.8 Å². The van der Waals surface area contributed by atoms with Crippen LogP contribution in [0.3, 0.4) is 0 Å². The van der Waals surface area contributed by atoms with Crippen LogP contribution in [0.4, 0.5) is 4.79 Å². The van der Waals surface area contributed by atoms with Gasteiger partial charge in [-0.1, -0.05) is 25.0 Å². The molecule has 0 radical (unpaired) electrons. The van der Waals surface area contributed by atoms with Crippen molar-refractivity contribution in [2.24, 2.45) is 5.92 Å². The lowest BCUT2D eigenvalue weighted by molar-refractivity contribution is 0.154. The Morgan fingerprint density at radius 3 is 3.04 bits per heavy atom. The van der Waals surface area contributed by atoms with Gasteiger partial charge in [-0.05, 0) is 36.5 Å². The van der Waals surface area contributed by atoms with Crippen molar-refractivity contribution in [2.75, 3.05) is 19.8 Å². The van der Waals surface area contributed by atoms with Crippen LogP contribution in [0.15, 0.2) is 18.2 Å². The molecular weight excluding hydrogens is 292 g/mol. The van der Waals surface area contributed by atoms with Crippen LogP contribution >= 0.6 is 0 Å². The first kappa shape index (κ1) is 16.1. The van der Waals surface area contributed by atoms with Crippen molar-refractivity contribution in [1.82, 2.24) is 10.6 Å². The van der Waals surface area contributed by atoms with Gasteiger partial charge >= 0.3 is 6.03 Å². The van der Waals surface area contributed by atoms with Crippen molar-refractivity contribution in [2.45, 2.75) is 44.6 Å². The van der Waals surface area contributed by atoms with Gasteiger partial charge in [-0.15, -0.1) is 0 Å². The highest BCUT2D eigenvalue weighted by Crippen LogP contribution is 2.26. The number of urea groups is 1. The number of hydrogen-bond acceptors (Lipinski definition) is 3. The van der Waals surface area contributed by atoms with Gasteiger partial charge in [0.05, 0.1) is 6.61 Å². The summed E-state index contributed by atoms with van der Waals surface area (Å²) in [5.74, 6) is 1.19. The van der Waals surface area contributed by atoms with Gasteiger partial charge in [0.25, 0.3) is 0 Å². The number of ether oxygens (including phenoxy) is 1. The van der Waals surface area contributed by atoms with Crippen LogP contribution in [0.5, 0.6) is 5.75 Å². The molecule has 2 atom stereocenters. The molecule has 3 rings (SSSR count). The summed E-state index contributed by atoms with van der Waals surface area (Å²) >= 11 is 0. The highest BCUT2D eigenvalue weighted by molar-refractivity contribution is 5.74. The first-order valence-electron chi connectivity index (χ1n) is 8.66. The van der Waals surface area contributed by atoms with E-state index >= 15 is 0 Å². The molecule has 5 heteroatoms. The molecule has 126 valence electrons. The second kappa shape index (κ2) is 7.68. The molecule has 1 aromatic rings. The molecule has 1 saturated carbocycles. The fourth-order valence-electron chi connectivity index (χ4n) is 3.55. The van der Waals surface area contributed by atoms with E-state index in [0.717, 1.165) is 50.9 Å². The van der Waals surface area contributed by atoms with E-state index in [2.05, 4.69) is 22.8 Å². The Morgan fingerprint density at radius 1 is 1.30 bits per heavy atom. The number of carbonyl (C=O) groups is 1. The lowest BCUT2D eigenvalue weighted by Crippen LogP contribution is -2.48. The Morgan fingerprint density at radius 2 is 2.17 bits per heavy atom. The molecule has 1 aliphatic heterocycles. The highest BCUT2D eigenvalue weighted by Gasteiger charge is 2.25. The lowest BCUT2D eigenvalue weighted by atomic mass is 9.85. The second-order valence-electron chi connectivity index (χ2n) is 6.52. The maximum Gasteiger partial charge on any atom is 0.315 e. The zero-order valence-electron chi connectivity index (χ0n) is 13.5. The molecule has 0 spiro atoms. The van der Waals surface area contributed by atoms with Gasteiger partial charge in [-0.3, -0.25) is 0 Å². The van der Waals surface area contributed by atoms with Crippen molar-refractivity contribution >= 4 is 6.03 Å². The molecule has 0 saturated heterocycles. The average Bonchev–Trinajstić information content (AvgIpc) is 3.03. The first-order chi connectivity index (χ1) is 11.3. The molecule has 1 aromatic carbocycles. The maximum absolute atomic E-state index is 12.0. The Hall–Kier alpha value is -1.75. The van der Waals surface area contributed by atoms with E-state index in [1.54, 1.807) is 0 Å². The highest BCUT2D eigenvalue weighted by atomic mass is 16.5. The van der Waals surface area contributed by atoms with Gasteiger partial charge < -0.3 is 20.5 Å². The van der Waals surface area contributed by atoms with Gasteiger partial charge in [0, 0.05) is 31.5 Å². The Labute approximate surface area is 137 Å². The predicted molar refractivity (Wildman–Crippen MR) is 88.7 cm³/mol. The predicted octanol–water partition coefficient (Wildman–Crippen LogP) is 2.01. The standard InChI is InChI=1S/C18H26N2O3/c21-12-15-3-1-2-4-16(15)20-18(22)19-9-7-13-5-6-17-14(11-13)8-10-23-17/h5-6,11,15-16,21H,1-4,7-10,12H2,(H2,19,20,22)/t15-,16-/m1/s1. The minimum absolute atomic E-state index is 0.103. The van der Waals surface area contributed by atoms with Crippen molar-refractivity contribution < 1.29 is 14.6 Å². The average molecular weight is 318 g/mol. The molecule has 2 aliphatic rings. The molecule has 1 heterocycles. The van der Waals surface area contributed by atoms with Gasteiger partial charge in [-0.25, -0.2) is 4.79 Å². The lowest BCUT2D eigenvalue weighted by Gasteiger charge is -2.30. The summed E-state index contributed by atoms with van der Waals surface area (Å²) in [5, 5.41) is 15.3. The summed E-state index contributed by atoms with van der Waals surface area (Å²) in [5.41, 5.74) is 2.49. The zero-order valence-corrected chi connectivity index (χ0v) is 13.5. The van der Waals surface area contributed by atoms with Crippen LogP contribution in [0, 0.1) is 5.92 Å². The van der Waals surface area contributed by atoms with Gasteiger partial charge in [-0.2, -0.15) is 0 Å². The monoisotopic (exact) mass is 318 g/mol. The minimum atomic E-state index is -0.125. The third-order valence-corrected chi connectivity index (χ3v) is 4.91. The van der Waals surface area contributed by atoms with Crippen LogP contribution in [0.2, 0.25) is 0 Å². The van der Waals surface area contributed by atoms with Crippen molar-refractivity contribution in [3.05, 3.63) is 29.3 Å². The number of aliphatic hydroxyl groups is 1. The normalized spacial score (nSPS) is 23.0. The molecule has 3 N–H and O–H groups in total. The molecule has 23 heavy (non-hydrogen) atoms. The zero-order chi connectivity index (χ0) is 16.1. The summed E-state index contributed by atoms with van der Waals surface area (Å²) in [6.07, 6.45) is 6.02. The third-order valence-electron chi connectivity index (χ3n) is 4.91. The smallest absolute Gasteiger partial charge is 0.315 e. The van der Waals surface area contributed by atoms with Crippen molar-refractivity contribution in [3.63, 3.8) is 0 Å². The van der Waals surface area contributed by atoms with Crippen LogP contribution in [-0.2, 0) is 12.8 Å². The van der Waals surface area contributed by atoms with E-state index in [-0.39, 0.29) is 24.6 Å². The van der Waals surface area contributed by atoms with E-state index in [1.165, 1.54) is 11.1 Å². The van der Waals surface area contributed by atoms with Crippen LogP contribution in [-0.4, -0.2) is 36.9 Å². The largest absolute Gasteiger partial charge is 0.493 e. The number of fused-ring (bicyclic) bond motifs is 1. The molecule has 0 unspecified atom stereocenters. The van der Waals surface area contributed by atoms with E-state index in [4.69, 9.17) is 4.74 Å². The van der Waals surface area contributed by atoms with E-state index in [9.17, 15) is 9.90 Å². The summed E-state index contributed by atoms with van der Waals surface area (Å²) < 4.78 is 5.50. The topological polar surface area (TPSA) is 70.6 Å². The molecule has 5 nitrogen and oxygen atoms in total. The van der Waals surface area contributed by atoms with Crippen LogP contribution < -0.4 is 15.4 Å². The Balaban J connectivity index is 1.42. The van der Waals surface area contributed by atoms with E-state index < -0.39 is 0 Å².